The average Bonchev–Trinajstić information content (AvgIpc) is 2.73. The van der Waals surface area contributed by atoms with Crippen LogP contribution in [0.5, 0.6) is 0 Å². The topological polar surface area (TPSA) is 37.9 Å². The van der Waals surface area contributed by atoms with Gasteiger partial charge in [-0.3, -0.25) is 0 Å². The molecule has 0 aliphatic carbocycles. The minimum Gasteiger partial charge on any atom is -0.381 e. The van der Waals surface area contributed by atoms with E-state index in [-0.39, 0.29) is 5.82 Å². The monoisotopic (exact) mass is 220 g/mol. The Morgan fingerprint density at radius 2 is 2.38 bits per heavy atom. The molecule has 2 aromatic rings. The molecule has 3 nitrogen and oxygen atoms in total. The maximum Gasteiger partial charge on any atom is 0.125 e. The molecule has 1 atom stereocenters. The molecule has 1 saturated heterocycles. The van der Waals surface area contributed by atoms with Gasteiger partial charge in [0.2, 0.25) is 0 Å². The summed E-state index contributed by atoms with van der Waals surface area (Å²) in [5.74, 6) is 1.01. The summed E-state index contributed by atoms with van der Waals surface area (Å²) in [6.45, 7) is 1.55. The predicted molar refractivity (Wildman–Crippen MR) is 58.8 cm³/mol. The van der Waals surface area contributed by atoms with Crippen molar-refractivity contribution in [3.05, 3.63) is 29.8 Å². The number of halogens is 1. The van der Waals surface area contributed by atoms with Crippen LogP contribution in [0.3, 0.4) is 0 Å². The molecule has 1 aromatic heterocycles. The average molecular weight is 220 g/mol. The number of imidazole rings is 1. The lowest BCUT2D eigenvalue weighted by molar-refractivity contribution is 0.0784. The second-order valence-electron chi connectivity index (χ2n) is 4.20. The van der Waals surface area contributed by atoms with Gasteiger partial charge >= 0.3 is 0 Å². The van der Waals surface area contributed by atoms with E-state index in [4.69, 9.17) is 4.74 Å². The standard InChI is InChI=1S/C12H13FN2O/c13-9-3-4-10-11(6-9)15-12(14-10)8-2-1-5-16-7-8/h3-4,6,8H,1-2,5,7H2,(H,14,15). The van der Waals surface area contributed by atoms with Gasteiger partial charge in [-0.2, -0.15) is 0 Å². The van der Waals surface area contributed by atoms with Crippen LogP contribution in [0.15, 0.2) is 18.2 Å². The molecule has 16 heavy (non-hydrogen) atoms. The number of aromatic nitrogens is 2. The first-order chi connectivity index (χ1) is 7.83. The molecular formula is C12H13FN2O. The third-order valence-corrected chi connectivity index (χ3v) is 3.01. The number of hydrogen-bond donors (Lipinski definition) is 1. The molecule has 1 unspecified atom stereocenters. The Kier molecular flexibility index (Phi) is 2.36. The van der Waals surface area contributed by atoms with E-state index in [1.165, 1.54) is 12.1 Å². The van der Waals surface area contributed by atoms with Gasteiger partial charge < -0.3 is 9.72 Å². The van der Waals surface area contributed by atoms with Crippen molar-refractivity contribution in [3.8, 4) is 0 Å². The van der Waals surface area contributed by atoms with E-state index >= 15 is 0 Å². The van der Waals surface area contributed by atoms with Gasteiger partial charge in [-0.25, -0.2) is 9.37 Å². The molecule has 1 N–H and O–H groups in total. The Labute approximate surface area is 92.6 Å². The van der Waals surface area contributed by atoms with Crippen molar-refractivity contribution >= 4 is 11.0 Å². The highest BCUT2D eigenvalue weighted by Crippen LogP contribution is 2.25. The number of H-pyrrole nitrogens is 1. The van der Waals surface area contributed by atoms with Crippen LogP contribution in [0.2, 0.25) is 0 Å². The first-order valence-corrected chi connectivity index (χ1v) is 5.56. The number of hydrogen-bond acceptors (Lipinski definition) is 2. The first kappa shape index (κ1) is 9.78. The second kappa shape index (κ2) is 3.87. The largest absolute Gasteiger partial charge is 0.381 e. The second-order valence-corrected chi connectivity index (χ2v) is 4.20. The smallest absolute Gasteiger partial charge is 0.125 e. The van der Waals surface area contributed by atoms with Gasteiger partial charge in [-0.05, 0) is 31.0 Å². The summed E-state index contributed by atoms with van der Waals surface area (Å²) in [7, 11) is 0. The van der Waals surface area contributed by atoms with Crippen molar-refractivity contribution in [2.45, 2.75) is 18.8 Å². The molecule has 1 aliphatic rings. The fourth-order valence-corrected chi connectivity index (χ4v) is 2.15. The Balaban J connectivity index is 1.97. The zero-order valence-corrected chi connectivity index (χ0v) is 8.87. The van der Waals surface area contributed by atoms with Gasteiger partial charge in [-0.1, -0.05) is 0 Å². The zero-order chi connectivity index (χ0) is 11.0. The maximum atomic E-state index is 13.0. The van der Waals surface area contributed by atoms with Crippen LogP contribution in [0, 0.1) is 5.82 Å². The third kappa shape index (κ3) is 1.69. The third-order valence-electron chi connectivity index (χ3n) is 3.01. The lowest BCUT2D eigenvalue weighted by Gasteiger charge is -2.19. The van der Waals surface area contributed by atoms with E-state index in [2.05, 4.69) is 9.97 Å². The number of ether oxygens (including phenoxy) is 1. The SMILES string of the molecule is Fc1ccc2nc(C3CCCOC3)[nH]c2c1. The Morgan fingerprint density at radius 3 is 3.19 bits per heavy atom. The molecule has 1 aliphatic heterocycles. The lowest BCUT2D eigenvalue weighted by Crippen LogP contribution is -2.16. The fraction of sp³-hybridized carbons (Fsp3) is 0.417. The minimum absolute atomic E-state index is 0.234. The molecule has 1 fully saturated rings. The Hall–Kier alpha value is -1.42. The van der Waals surface area contributed by atoms with Gasteiger partial charge in [0.15, 0.2) is 0 Å². The maximum absolute atomic E-state index is 13.0. The molecule has 1 aromatic carbocycles. The molecule has 0 bridgehead atoms. The van der Waals surface area contributed by atoms with Crippen LogP contribution in [0.4, 0.5) is 4.39 Å². The number of fused-ring (bicyclic) bond motifs is 1. The molecular weight excluding hydrogens is 207 g/mol. The van der Waals surface area contributed by atoms with E-state index in [9.17, 15) is 4.39 Å². The molecule has 0 radical (unpaired) electrons. The highest BCUT2D eigenvalue weighted by atomic mass is 19.1. The van der Waals surface area contributed by atoms with Crippen molar-refractivity contribution in [2.24, 2.45) is 0 Å². The van der Waals surface area contributed by atoms with Crippen molar-refractivity contribution in [1.82, 2.24) is 9.97 Å². The van der Waals surface area contributed by atoms with Crippen molar-refractivity contribution in [2.75, 3.05) is 13.2 Å². The van der Waals surface area contributed by atoms with Crippen LogP contribution < -0.4 is 0 Å². The number of aromatic amines is 1. The first-order valence-electron chi connectivity index (χ1n) is 5.56. The van der Waals surface area contributed by atoms with Crippen LogP contribution in [-0.2, 0) is 4.74 Å². The van der Waals surface area contributed by atoms with Crippen molar-refractivity contribution < 1.29 is 9.13 Å². The van der Waals surface area contributed by atoms with Gasteiger partial charge in [0.1, 0.15) is 11.6 Å². The summed E-state index contributed by atoms with van der Waals surface area (Å²) < 4.78 is 18.4. The Bertz CT molecular complexity index is 503. The van der Waals surface area contributed by atoms with Crippen LogP contribution in [0.25, 0.3) is 11.0 Å². The van der Waals surface area contributed by atoms with Gasteiger partial charge in [-0.15, -0.1) is 0 Å². The lowest BCUT2D eigenvalue weighted by atomic mass is 10.0. The van der Waals surface area contributed by atoms with Gasteiger partial charge in [0.25, 0.3) is 0 Å². The highest BCUT2D eigenvalue weighted by molar-refractivity contribution is 5.75. The minimum atomic E-state index is -0.234. The van der Waals surface area contributed by atoms with Crippen molar-refractivity contribution in [1.29, 1.82) is 0 Å². The fourth-order valence-electron chi connectivity index (χ4n) is 2.15. The molecule has 84 valence electrons. The van der Waals surface area contributed by atoms with Crippen molar-refractivity contribution in [3.63, 3.8) is 0 Å². The van der Waals surface area contributed by atoms with Crippen LogP contribution in [0.1, 0.15) is 24.6 Å². The number of nitrogens with one attached hydrogen (secondary N) is 1. The molecule has 2 heterocycles. The summed E-state index contributed by atoms with van der Waals surface area (Å²) >= 11 is 0. The quantitative estimate of drug-likeness (QED) is 0.802. The van der Waals surface area contributed by atoms with Crippen LogP contribution >= 0.6 is 0 Å². The molecule has 0 spiro atoms. The van der Waals surface area contributed by atoms with Crippen LogP contribution in [-0.4, -0.2) is 23.2 Å². The summed E-state index contributed by atoms with van der Waals surface area (Å²) in [6.07, 6.45) is 2.15. The summed E-state index contributed by atoms with van der Waals surface area (Å²) in [5.41, 5.74) is 1.59. The summed E-state index contributed by atoms with van der Waals surface area (Å²) in [6, 6.07) is 4.62. The van der Waals surface area contributed by atoms with E-state index in [1.807, 2.05) is 0 Å². The number of benzene rings is 1. The van der Waals surface area contributed by atoms with Gasteiger partial charge in [0.05, 0.1) is 17.6 Å². The van der Waals surface area contributed by atoms with E-state index in [0.29, 0.717) is 12.5 Å². The van der Waals surface area contributed by atoms with E-state index < -0.39 is 0 Å². The Morgan fingerprint density at radius 1 is 1.44 bits per heavy atom. The number of rotatable bonds is 1. The molecule has 3 rings (SSSR count). The molecule has 4 heteroatoms. The molecule has 0 amide bonds. The summed E-state index contributed by atoms with van der Waals surface area (Å²) in [4.78, 5) is 7.65. The van der Waals surface area contributed by atoms with E-state index in [0.717, 1.165) is 36.3 Å². The highest BCUT2D eigenvalue weighted by Gasteiger charge is 2.19. The van der Waals surface area contributed by atoms with E-state index in [1.54, 1.807) is 6.07 Å². The zero-order valence-electron chi connectivity index (χ0n) is 8.87. The van der Waals surface area contributed by atoms with Gasteiger partial charge in [0, 0.05) is 12.5 Å². The molecule has 0 saturated carbocycles. The predicted octanol–water partition coefficient (Wildman–Crippen LogP) is 2.60. The summed E-state index contributed by atoms with van der Waals surface area (Å²) in [5, 5.41) is 0. The normalized spacial score (nSPS) is 21.4. The number of nitrogens with zero attached hydrogens (tertiary/aromatic N) is 1.